The maximum atomic E-state index is 12.2. The van der Waals surface area contributed by atoms with Gasteiger partial charge < -0.3 is 4.42 Å². The molecule has 2 aromatic heterocycles. The summed E-state index contributed by atoms with van der Waals surface area (Å²) in [6.45, 7) is 2.03. The molecule has 0 saturated heterocycles. The van der Waals surface area contributed by atoms with Crippen LogP contribution in [0.25, 0.3) is 22.3 Å². The molecule has 6 nitrogen and oxygen atoms in total. The van der Waals surface area contributed by atoms with E-state index >= 15 is 0 Å². The van der Waals surface area contributed by atoms with Crippen molar-refractivity contribution in [3.05, 3.63) is 71.5 Å². The van der Waals surface area contributed by atoms with E-state index in [1.54, 1.807) is 29.8 Å². The van der Waals surface area contributed by atoms with Crippen molar-refractivity contribution in [3.8, 4) is 11.3 Å². The third-order valence-corrected chi connectivity index (χ3v) is 5.94. The van der Waals surface area contributed by atoms with Gasteiger partial charge in [-0.05, 0) is 42.8 Å². The second-order valence-electron chi connectivity index (χ2n) is 6.85. The Morgan fingerprint density at radius 3 is 2.48 bits per heavy atom. The summed E-state index contributed by atoms with van der Waals surface area (Å²) in [7, 11) is -3.43. The number of carbonyl (C=O) groups excluding carboxylic acids is 1. The first-order valence-electron chi connectivity index (χ1n) is 8.78. The molecule has 148 valence electrons. The van der Waals surface area contributed by atoms with E-state index in [1.807, 2.05) is 36.4 Å². The normalized spacial score (nSPS) is 11.8. The van der Waals surface area contributed by atoms with Gasteiger partial charge >= 0.3 is 0 Å². The zero-order valence-electron chi connectivity index (χ0n) is 15.7. The molecule has 29 heavy (non-hydrogen) atoms. The van der Waals surface area contributed by atoms with E-state index in [9.17, 15) is 13.2 Å². The van der Waals surface area contributed by atoms with Crippen LogP contribution in [0.2, 0.25) is 0 Å². The molecule has 0 aliphatic heterocycles. The number of benzene rings is 2. The molecule has 8 heteroatoms. The quantitative estimate of drug-likeness (QED) is 0.439. The average Bonchev–Trinajstić information content (AvgIpc) is 3.26. The molecule has 0 N–H and O–H groups in total. The largest absolute Gasteiger partial charge is 0.456 e. The highest BCUT2D eigenvalue weighted by molar-refractivity contribution is 7.90. The summed E-state index contributed by atoms with van der Waals surface area (Å²) in [5.41, 5.74) is 2.97. The van der Waals surface area contributed by atoms with E-state index < -0.39 is 15.1 Å². The molecule has 0 spiro atoms. The van der Waals surface area contributed by atoms with Crippen molar-refractivity contribution in [2.75, 3.05) is 6.26 Å². The topological polar surface area (TPSA) is 82.2 Å². The fourth-order valence-electron chi connectivity index (χ4n) is 3.20. The van der Waals surface area contributed by atoms with Crippen molar-refractivity contribution in [3.63, 3.8) is 0 Å². The van der Waals surface area contributed by atoms with Crippen molar-refractivity contribution >= 4 is 37.6 Å². The molecule has 0 radical (unpaired) electrons. The fourth-order valence-corrected chi connectivity index (χ4v) is 3.99. The van der Waals surface area contributed by atoms with Gasteiger partial charge in [0, 0.05) is 28.5 Å². The average molecular weight is 429 g/mol. The molecule has 0 saturated carbocycles. The summed E-state index contributed by atoms with van der Waals surface area (Å²) in [4.78, 5) is 11.6. The molecule has 0 fully saturated rings. The molecule has 0 bridgehead atoms. The number of carbonyl (C=O) groups is 1. The van der Waals surface area contributed by atoms with Crippen LogP contribution >= 0.6 is 11.6 Å². The Balaban J connectivity index is 1.89. The molecular weight excluding hydrogens is 412 g/mol. The van der Waals surface area contributed by atoms with Gasteiger partial charge in [-0.1, -0.05) is 30.3 Å². The van der Waals surface area contributed by atoms with Crippen LogP contribution in [0.1, 0.15) is 21.7 Å². The Morgan fingerprint density at radius 1 is 1.14 bits per heavy atom. The van der Waals surface area contributed by atoms with Gasteiger partial charge in [-0.3, -0.25) is 9.48 Å². The summed E-state index contributed by atoms with van der Waals surface area (Å²) >= 11 is 5.53. The summed E-state index contributed by atoms with van der Waals surface area (Å²) in [5, 5.41) is 4.25. The van der Waals surface area contributed by atoms with E-state index in [1.165, 1.54) is 6.26 Å². The zero-order valence-corrected chi connectivity index (χ0v) is 17.3. The molecule has 4 aromatic rings. The number of hydrogen-bond donors (Lipinski definition) is 0. The number of halogens is 1. The van der Waals surface area contributed by atoms with Gasteiger partial charge in [-0.2, -0.15) is 5.10 Å². The van der Waals surface area contributed by atoms with Gasteiger partial charge in [0.15, 0.2) is 9.84 Å². The Bertz CT molecular complexity index is 1340. The maximum Gasteiger partial charge on any atom is 0.272 e. The van der Waals surface area contributed by atoms with E-state index in [0.717, 1.165) is 11.3 Å². The first-order chi connectivity index (χ1) is 13.7. The van der Waals surface area contributed by atoms with Gasteiger partial charge in [0.1, 0.15) is 17.0 Å². The molecule has 0 atom stereocenters. The highest BCUT2D eigenvalue weighted by Gasteiger charge is 2.18. The SMILES string of the molecule is Cc1cc(C(=O)Cl)nn1Cc1cc(S(C)(=O)=O)cc2cc(-c3ccccc3)oc12. The van der Waals surface area contributed by atoms with Gasteiger partial charge in [0.2, 0.25) is 0 Å². The Hall–Kier alpha value is -2.90. The molecule has 2 heterocycles. The summed E-state index contributed by atoms with van der Waals surface area (Å²) in [6.07, 6.45) is 1.17. The maximum absolute atomic E-state index is 12.2. The number of hydrogen-bond acceptors (Lipinski definition) is 5. The smallest absolute Gasteiger partial charge is 0.272 e. The van der Waals surface area contributed by atoms with E-state index in [2.05, 4.69) is 5.10 Å². The molecule has 0 aliphatic rings. The van der Waals surface area contributed by atoms with E-state index in [4.69, 9.17) is 16.0 Å². The highest BCUT2D eigenvalue weighted by atomic mass is 35.5. The molecular formula is C21H17ClN2O4S. The van der Waals surface area contributed by atoms with Crippen molar-refractivity contribution < 1.29 is 17.6 Å². The van der Waals surface area contributed by atoms with Gasteiger partial charge in [-0.15, -0.1) is 0 Å². The van der Waals surface area contributed by atoms with Gasteiger partial charge in [0.25, 0.3) is 5.24 Å². The van der Waals surface area contributed by atoms with Crippen LogP contribution in [0.3, 0.4) is 0 Å². The lowest BCUT2D eigenvalue weighted by atomic mass is 10.1. The minimum atomic E-state index is -3.43. The number of sulfone groups is 1. The lowest BCUT2D eigenvalue weighted by Crippen LogP contribution is -2.06. The second-order valence-corrected chi connectivity index (χ2v) is 9.21. The minimum absolute atomic E-state index is 0.143. The van der Waals surface area contributed by atoms with Crippen LogP contribution in [-0.2, 0) is 16.4 Å². The monoisotopic (exact) mass is 428 g/mol. The number of nitrogens with zero attached hydrogens (tertiary/aromatic N) is 2. The zero-order chi connectivity index (χ0) is 20.8. The fraction of sp³-hybridized carbons (Fsp3) is 0.143. The standard InChI is InChI=1S/C21H17ClN2O4S/c1-13-8-18(21(22)25)23-24(13)12-16-10-17(29(2,26)27)9-15-11-19(28-20(15)16)14-6-4-3-5-7-14/h3-11H,12H2,1-2H3. The van der Waals surface area contributed by atoms with Crippen molar-refractivity contribution in [1.29, 1.82) is 0 Å². The van der Waals surface area contributed by atoms with Crippen LogP contribution in [0, 0.1) is 6.92 Å². The number of furan rings is 1. The van der Waals surface area contributed by atoms with Gasteiger partial charge in [-0.25, -0.2) is 8.42 Å². The molecule has 0 amide bonds. The van der Waals surface area contributed by atoms with Crippen LogP contribution in [-0.4, -0.2) is 29.7 Å². The second kappa shape index (κ2) is 7.17. The van der Waals surface area contributed by atoms with Crippen LogP contribution < -0.4 is 0 Å². The summed E-state index contributed by atoms with van der Waals surface area (Å²) in [5.74, 6) is 0.640. The van der Waals surface area contributed by atoms with Crippen LogP contribution in [0.4, 0.5) is 0 Å². The number of rotatable bonds is 5. The predicted molar refractivity (Wildman–Crippen MR) is 111 cm³/mol. The third kappa shape index (κ3) is 3.83. The Kier molecular flexibility index (Phi) is 4.80. The van der Waals surface area contributed by atoms with Crippen molar-refractivity contribution in [2.24, 2.45) is 0 Å². The number of aromatic nitrogens is 2. The van der Waals surface area contributed by atoms with E-state index in [-0.39, 0.29) is 17.1 Å². The summed E-state index contributed by atoms with van der Waals surface area (Å²) < 4.78 is 32.1. The van der Waals surface area contributed by atoms with Crippen LogP contribution in [0.5, 0.6) is 0 Å². The number of aryl methyl sites for hydroxylation is 1. The van der Waals surface area contributed by atoms with E-state index in [0.29, 0.717) is 22.3 Å². The molecule has 4 rings (SSSR count). The first-order valence-corrected chi connectivity index (χ1v) is 11.1. The van der Waals surface area contributed by atoms with Crippen molar-refractivity contribution in [1.82, 2.24) is 9.78 Å². The van der Waals surface area contributed by atoms with Gasteiger partial charge in [0.05, 0.1) is 11.4 Å². The highest BCUT2D eigenvalue weighted by Crippen LogP contribution is 2.32. The molecule has 2 aromatic carbocycles. The lowest BCUT2D eigenvalue weighted by Gasteiger charge is -2.08. The Labute approximate surface area is 172 Å². The lowest BCUT2D eigenvalue weighted by molar-refractivity contribution is 0.107. The Morgan fingerprint density at radius 2 is 1.86 bits per heavy atom. The third-order valence-electron chi connectivity index (χ3n) is 4.66. The van der Waals surface area contributed by atoms with Crippen molar-refractivity contribution in [2.45, 2.75) is 18.4 Å². The van der Waals surface area contributed by atoms with Crippen LogP contribution in [0.15, 0.2) is 63.9 Å². The minimum Gasteiger partial charge on any atom is -0.456 e. The molecule has 0 aliphatic carbocycles. The molecule has 0 unspecified atom stereocenters. The predicted octanol–water partition coefficient (Wildman–Crippen LogP) is 4.44. The first kappa shape index (κ1) is 19.4. The number of fused-ring (bicyclic) bond motifs is 1. The summed E-state index contributed by atoms with van der Waals surface area (Å²) in [6, 6.07) is 16.2.